The van der Waals surface area contributed by atoms with Gasteiger partial charge in [-0.2, -0.15) is 0 Å². The fraction of sp³-hybridized carbons (Fsp3) is 0.0526. The number of thiazole rings is 1. The molecule has 1 aromatic heterocycles. The summed E-state index contributed by atoms with van der Waals surface area (Å²) < 4.78 is 0. The van der Waals surface area contributed by atoms with Crippen molar-refractivity contribution in [3.05, 3.63) is 80.8 Å². The maximum absolute atomic E-state index is 12.4. The summed E-state index contributed by atoms with van der Waals surface area (Å²) in [5.74, 6) is -0.0554. The molecule has 0 radical (unpaired) electrons. The van der Waals surface area contributed by atoms with E-state index >= 15 is 0 Å². The third-order valence-corrected chi connectivity index (χ3v) is 5.13. The van der Waals surface area contributed by atoms with Crippen LogP contribution in [-0.2, 0) is 0 Å². The number of hydrogen-bond acceptors (Lipinski definition) is 3. The maximum Gasteiger partial charge on any atom is 0.197 e. The van der Waals surface area contributed by atoms with Gasteiger partial charge in [0.1, 0.15) is 5.01 Å². The Labute approximate surface area is 154 Å². The van der Waals surface area contributed by atoms with Crippen molar-refractivity contribution in [2.75, 3.05) is 0 Å². The monoisotopic (exact) mass is 373 g/mol. The lowest BCUT2D eigenvalue weighted by Crippen LogP contribution is -1.93. The fourth-order valence-electron chi connectivity index (χ4n) is 2.16. The third kappa shape index (κ3) is 3.93. The molecule has 0 N–H and O–H groups in total. The normalized spacial score (nSPS) is 11.1. The van der Waals surface area contributed by atoms with Crippen molar-refractivity contribution >= 4 is 46.4 Å². The van der Waals surface area contributed by atoms with Crippen molar-refractivity contribution in [1.29, 1.82) is 0 Å². The molecule has 0 saturated heterocycles. The molecule has 0 saturated carbocycles. The van der Waals surface area contributed by atoms with Gasteiger partial charge in [-0.15, -0.1) is 11.3 Å². The van der Waals surface area contributed by atoms with E-state index in [9.17, 15) is 4.79 Å². The van der Waals surface area contributed by atoms with Crippen LogP contribution in [0.2, 0.25) is 10.0 Å². The Morgan fingerprint density at radius 3 is 2.21 bits per heavy atom. The first-order valence-corrected chi connectivity index (χ1v) is 8.81. The Morgan fingerprint density at radius 1 is 1.00 bits per heavy atom. The van der Waals surface area contributed by atoms with Crippen molar-refractivity contribution in [1.82, 2.24) is 4.98 Å². The molecular weight excluding hydrogens is 361 g/mol. The van der Waals surface area contributed by atoms with Crippen LogP contribution in [0, 0.1) is 6.92 Å². The topological polar surface area (TPSA) is 30.0 Å². The molecule has 120 valence electrons. The highest BCUT2D eigenvalue weighted by molar-refractivity contribution is 7.17. The van der Waals surface area contributed by atoms with Gasteiger partial charge in [-0.05, 0) is 42.8 Å². The third-order valence-electron chi connectivity index (χ3n) is 3.41. The summed E-state index contributed by atoms with van der Waals surface area (Å²) in [6, 6.07) is 14.8. The van der Waals surface area contributed by atoms with E-state index in [1.165, 1.54) is 11.3 Å². The van der Waals surface area contributed by atoms with Crippen LogP contribution in [0.5, 0.6) is 0 Å². The molecule has 0 aliphatic heterocycles. The van der Waals surface area contributed by atoms with Crippen LogP contribution in [0.25, 0.3) is 16.6 Å². The van der Waals surface area contributed by atoms with E-state index in [4.69, 9.17) is 23.2 Å². The van der Waals surface area contributed by atoms with Crippen molar-refractivity contribution in [3.8, 4) is 10.6 Å². The van der Waals surface area contributed by atoms with Crippen LogP contribution >= 0.6 is 34.5 Å². The number of halogens is 2. The molecule has 5 heteroatoms. The molecule has 1 heterocycles. The zero-order chi connectivity index (χ0) is 17.1. The molecule has 0 unspecified atom stereocenters. The summed E-state index contributed by atoms with van der Waals surface area (Å²) in [4.78, 5) is 17.6. The van der Waals surface area contributed by atoms with Gasteiger partial charge in [0, 0.05) is 15.6 Å². The number of rotatable bonds is 4. The van der Waals surface area contributed by atoms with E-state index in [0.717, 1.165) is 21.8 Å². The van der Waals surface area contributed by atoms with E-state index in [1.807, 2.05) is 43.3 Å². The molecule has 2 aromatic carbocycles. The van der Waals surface area contributed by atoms with Gasteiger partial charge in [0.05, 0.1) is 10.6 Å². The summed E-state index contributed by atoms with van der Waals surface area (Å²) in [7, 11) is 0. The number of benzene rings is 2. The van der Waals surface area contributed by atoms with Crippen molar-refractivity contribution in [2.45, 2.75) is 6.92 Å². The zero-order valence-corrected chi connectivity index (χ0v) is 15.1. The van der Waals surface area contributed by atoms with Gasteiger partial charge in [-0.1, -0.05) is 53.5 Å². The molecule has 0 bridgehead atoms. The van der Waals surface area contributed by atoms with Gasteiger partial charge in [-0.3, -0.25) is 4.79 Å². The molecule has 0 fully saturated rings. The number of carbonyl (C=O) groups is 1. The highest BCUT2D eigenvalue weighted by Gasteiger charge is 2.14. The van der Waals surface area contributed by atoms with Crippen LogP contribution in [-0.4, -0.2) is 10.8 Å². The van der Waals surface area contributed by atoms with Gasteiger partial charge in [-0.25, -0.2) is 4.98 Å². The summed E-state index contributed by atoms with van der Waals surface area (Å²) >= 11 is 13.2. The van der Waals surface area contributed by atoms with E-state index in [1.54, 1.807) is 24.3 Å². The van der Waals surface area contributed by atoms with Gasteiger partial charge < -0.3 is 0 Å². The van der Waals surface area contributed by atoms with E-state index in [2.05, 4.69) is 4.98 Å². The average molecular weight is 374 g/mol. The Morgan fingerprint density at radius 2 is 1.58 bits per heavy atom. The highest BCUT2D eigenvalue weighted by Crippen LogP contribution is 2.29. The van der Waals surface area contributed by atoms with E-state index < -0.39 is 0 Å². The number of carbonyl (C=O) groups excluding carboxylic acids is 1. The molecule has 3 rings (SSSR count). The van der Waals surface area contributed by atoms with Crippen LogP contribution < -0.4 is 0 Å². The lowest BCUT2D eigenvalue weighted by Gasteiger charge is -1.95. The lowest BCUT2D eigenvalue weighted by atomic mass is 10.2. The summed E-state index contributed by atoms with van der Waals surface area (Å²) in [5, 5.41) is 2.16. The second-order valence-electron chi connectivity index (χ2n) is 5.19. The number of nitrogens with zero attached hydrogens (tertiary/aromatic N) is 1. The van der Waals surface area contributed by atoms with Gasteiger partial charge >= 0.3 is 0 Å². The second-order valence-corrected chi connectivity index (χ2v) is 7.06. The van der Waals surface area contributed by atoms with Crippen LogP contribution in [0.3, 0.4) is 0 Å². The predicted octanol–water partition coefficient (Wildman–Crippen LogP) is 6.32. The Hall–Kier alpha value is -1.94. The van der Waals surface area contributed by atoms with E-state index in [-0.39, 0.29) is 5.78 Å². The number of hydrogen-bond donors (Lipinski definition) is 0. The average Bonchev–Trinajstić information content (AvgIpc) is 2.96. The van der Waals surface area contributed by atoms with Gasteiger partial charge in [0.15, 0.2) is 5.78 Å². The molecule has 0 aliphatic rings. The quantitative estimate of drug-likeness (QED) is 0.395. The predicted molar refractivity (Wildman–Crippen MR) is 102 cm³/mol. The summed E-state index contributed by atoms with van der Waals surface area (Å²) in [6.07, 6.45) is 3.34. The maximum atomic E-state index is 12.4. The molecule has 0 amide bonds. The van der Waals surface area contributed by atoms with Crippen LogP contribution in [0.4, 0.5) is 0 Å². The highest BCUT2D eigenvalue weighted by atomic mass is 35.5. The minimum Gasteiger partial charge on any atom is -0.288 e. The Balaban J connectivity index is 1.82. The lowest BCUT2D eigenvalue weighted by molar-refractivity contribution is 0.105. The minimum atomic E-state index is -0.0554. The number of aromatic nitrogens is 1. The first-order valence-electron chi connectivity index (χ1n) is 7.24. The molecule has 24 heavy (non-hydrogen) atoms. The largest absolute Gasteiger partial charge is 0.288 e. The molecule has 0 atom stereocenters. The summed E-state index contributed by atoms with van der Waals surface area (Å²) in [6.45, 7) is 1.85. The first-order chi connectivity index (χ1) is 11.5. The molecular formula is C19H13Cl2NOS. The van der Waals surface area contributed by atoms with Crippen LogP contribution in [0.1, 0.15) is 20.9 Å². The SMILES string of the molecule is Cc1nc(-c2ccc(Cl)cc2)sc1C(=O)C=Cc1ccc(Cl)cc1. The number of aryl methyl sites for hydroxylation is 1. The first kappa shape index (κ1) is 16.9. The fourth-order valence-corrected chi connectivity index (χ4v) is 3.41. The second kappa shape index (κ2) is 7.31. The zero-order valence-electron chi connectivity index (χ0n) is 12.8. The smallest absolute Gasteiger partial charge is 0.197 e. The summed E-state index contributed by atoms with van der Waals surface area (Å²) in [5.41, 5.74) is 2.61. The van der Waals surface area contributed by atoms with Crippen molar-refractivity contribution in [2.24, 2.45) is 0 Å². The van der Waals surface area contributed by atoms with Crippen LogP contribution in [0.15, 0.2) is 54.6 Å². The van der Waals surface area contributed by atoms with Gasteiger partial charge in [0.25, 0.3) is 0 Å². The van der Waals surface area contributed by atoms with E-state index in [0.29, 0.717) is 14.9 Å². The van der Waals surface area contributed by atoms with Crippen molar-refractivity contribution in [3.63, 3.8) is 0 Å². The van der Waals surface area contributed by atoms with Crippen molar-refractivity contribution < 1.29 is 4.79 Å². The Bertz CT molecular complexity index is 896. The standard InChI is InChI=1S/C19H13Cl2NOS/c1-12-18(17(23)11-4-13-2-7-15(20)8-3-13)24-19(22-12)14-5-9-16(21)10-6-14/h2-11H,1H3. The number of ketones is 1. The Kier molecular flexibility index (Phi) is 5.14. The van der Waals surface area contributed by atoms with Gasteiger partial charge in [0.2, 0.25) is 0 Å². The molecule has 0 aliphatic carbocycles. The number of allylic oxidation sites excluding steroid dienone is 1. The molecule has 0 spiro atoms. The molecule has 3 aromatic rings. The minimum absolute atomic E-state index is 0.0554. The molecule has 2 nitrogen and oxygen atoms in total.